The van der Waals surface area contributed by atoms with Crippen molar-refractivity contribution in [2.45, 2.75) is 25.2 Å². The van der Waals surface area contributed by atoms with Crippen molar-refractivity contribution in [3.05, 3.63) is 41.0 Å². The van der Waals surface area contributed by atoms with Gasteiger partial charge in [0.15, 0.2) is 0 Å². The summed E-state index contributed by atoms with van der Waals surface area (Å²) in [4.78, 5) is 16.6. The van der Waals surface area contributed by atoms with Gasteiger partial charge in [0, 0.05) is 17.7 Å². The minimum atomic E-state index is -0.885. The summed E-state index contributed by atoms with van der Waals surface area (Å²) in [5.41, 5.74) is 1.12. The Morgan fingerprint density at radius 3 is 2.78 bits per heavy atom. The van der Waals surface area contributed by atoms with Crippen molar-refractivity contribution < 1.29 is 9.90 Å². The zero-order chi connectivity index (χ0) is 12.5. The second-order valence-electron chi connectivity index (χ2n) is 4.54. The Hall–Kier alpha value is -1.68. The fourth-order valence-corrected chi connectivity index (χ4v) is 3.27. The summed E-state index contributed by atoms with van der Waals surface area (Å²) in [5.74, 6) is -0.287. The first-order chi connectivity index (χ1) is 8.75. The number of rotatable bonds is 3. The van der Waals surface area contributed by atoms with Gasteiger partial charge in [0.1, 0.15) is 0 Å². The van der Waals surface area contributed by atoms with E-state index in [2.05, 4.69) is 4.98 Å². The lowest BCUT2D eigenvalue weighted by molar-refractivity contribution is 0.0698. The van der Waals surface area contributed by atoms with Crippen LogP contribution in [-0.4, -0.2) is 16.1 Å². The quantitative estimate of drug-likeness (QED) is 0.912. The van der Waals surface area contributed by atoms with Crippen LogP contribution >= 0.6 is 11.3 Å². The van der Waals surface area contributed by atoms with Crippen molar-refractivity contribution in [2.75, 3.05) is 0 Å². The molecule has 1 aliphatic rings. The third-order valence-electron chi connectivity index (χ3n) is 3.40. The Morgan fingerprint density at radius 2 is 2.11 bits per heavy atom. The number of thiazole rings is 1. The third kappa shape index (κ3) is 1.93. The summed E-state index contributed by atoms with van der Waals surface area (Å²) in [5, 5.41) is 10.3. The molecule has 1 heterocycles. The van der Waals surface area contributed by atoms with Gasteiger partial charge in [-0.05, 0) is 18.9 Å². The summed E-state index contributed by atoms with van der Waals surface area (Å²) in [7, 11) is 0. The van der Waals surface area contributed by atoms with Crippen molar-refractivity contribution in [3.63, 3.8) is 0 Å². The summed E-state index contributed by atoms with van der Waals surface area (Å²) in [6.45, 7) is 0. The monoisotopic (exact) mass is 259 g/mol. The zero-order valence-electron chi connectivity index (χ0n) is 9.80. The molecule has 0 aliphatic heterocycles. The van der Waals surface area contributed by atoms with Crippen LogP contribution in [-0.2, 0) is 0 Å². The maximum absolute atomic E-state index is 11.2. The van der Waals surface area contributed by atoms with Crippen LogP contribution in [0.3, 0.4) is 0 Å². The average molecular weight is 259 g/mol. The van der Waals surface area contributed by atoms with E-state index in [-0.39, 0.29) is 0 Å². The van der Waals surface area contributed by atoms with Crippen molar-refractivity contribution in [1.29, 1.82) is 0 Å². The van der Waals surface area contributed by atoms with Crippen LogP contribution in [0.1, 0.15) is 40.5 Å². The molecule has 0 amide bonds. The first kappa shape index (κ1) is 11.4. The number of aromatic carboxylic acids is 1. The van der Waals surface area contributed by atoms with E-state index in [1.807, 2.05) is 12.1 Å². The Labute approximate surface area is 109 Å². The van der Waals surface area contributed by atoms with E-state index >= 15 is 0 Å². The lowest BCUT2D eigenvalue weighted by atomic mass is 9.86. The van der Waals surface area contributed by atoms with Gasteiger partial charge in [-0.1, -0.05) is 24.6 Å². The predicted octanol–water partition coefficient (Wildman–Crippen LogP) is 3.78. The van der Waals surface area contributed by atoms with Gasteiger partial charge in [0.25, 0.3) is 0 Å². The molecule has 0 atom stereocenters. The second kappa shape index (κ2) is 4.53. The molecule has 1 saturated carbocycles. The van der Waals surface area contributed by atoms with E-state index in [0.29, 0.717) is 11.5 Å². The molecule has 2 aromatic rings. The first-order valence-electron chi connectivity index (χ1n) is 6.04. The van der Waals surface area contributed by atoms with Crippen LogP contribution < -0.4 is 0 Å². The highest BCUT2D eigenvalue weighted by atomic mass is 32.1. The van der Waals surface area contributed by atoms with E-state index in [9.17, 15) is 9.90 Å². The zero-order valence-corrected chi connectivity index (χ0v) is 10.6. The highest BCUT2D eigenvalue weighted by molar-refractivity contribution is 7.15. The van der Waals surface area contributed by atoms with Gasteiger partial charge >= 0.3 is 5.97 Å². The molecule has 1 fully saturated rings. The molecule has 1 aromatic heterocycles. The smallest absolute Gasteiger partial charge is 0.336 e. The summed E-state index contributed by atoms with van der Waals surface area (Å²) < 4.78 is 0. The summed E-state index contributed by atoms with van der Waals surface area (Å²) >= 11 is 1.63. The van der Waals surface area contributed by atoms with Crippen LogP contribution in [0.25, 0.3) is 10.4 Å². The molecule has 1 N–H and O–H groups in total. The summed E-state index contributed by atoms with van der Waals surface area (Å²) in [6, 6.07) is 7.10. The van der Waals surface area contributed by atoms with Crippen molar-refractivity contribution in [1.82, 2.24) is 4.98 Å². The molecule has 4 heteroatoms. The Morgan fingerprint density at radius 1 is 1.33 bits per heavy atom. The van der Waals surface area contributed by atoms with E-state index in [0.717, 1.165) is 15.4 Å². The molecule has 18 heavy (non-hydrogen) atoms. The fraction of sp³-hybridized carbons (Fsp3) is 0.286. The van der Waals surface area contributed by atoms with Gasteiger partial charge in [-0.3, -0.25) is 0 Å². The molecule has 1 aromatic carbocycles. The van der Waals surface area contributed by atoms with Crippen LogP contribution in [0.4, 0.5) is 0 Å². The van der Waals surface area contributed by atoms with Crippen molar-refractivity contribution >= 4 is 17.3 Å². The highest BCUT2D eigenvalue weighted by Gasteiger charge is 2.23. The number of carboxylic acid groups (broad SMARTS) is 1. The first-order valence-corrected chi connectivity index (χ1v) is 6.86. The minimum Gasteiger partial charge on any atom is -0.478 e. The van der Waals surface area contributed by atoms with Gasteiger partial charge in [0.05, 0.1) is 15.4 Å². The predicted molar refractivity (Wildman–Crippen MR) is 71.1 cm³/mol. The Kier molecular flexibility index (Phi) is 2.88. The average Bonchev–Trinajstić information content (AvgIpc) is 2.76. The van der Waals surface area contributed by atoms with Gasteiger partial charge in [-0.15, -0.1) is 11.3 Å². The molecule has 0 saturated heterocycles. The number of carbonyl (C=O) groups is 1. The number of aromatic nitrogens is 1. The van der Waals surface area contributed by atoms with Gasteiger partial charge in [-0.2, -0.15) is 0 Å². The molecular weight excluding hydrogens is 246 g/mol. The largest absolute Gasteiger partial charge is 0.478 e. The number of carboxylic acids is 1. The Bertz CT molecular complexity index is 587. The van der Waals surface area contributed by atoms with E-state index < -0.39 is 5.97 Å². The number of hydrogen-bond acceptors (Lipinski definition) is 3. The summed E-state index contributed by atoms with van der Waals surface area (Å²) in [6.07, 6.45) is 5.52. The van der Waals surface area contributed by atoms with Crippen LogP contribution in [0.2, 0.25) is 0 Å². The maximum Gasteiger partial charge on any atom is 0.336 e. The van der Waals surface area contributed by atoms with Crippen LogP contribution in [0.5, 0.6) is 0 Å². The molecule has 0 spiro atoms. The molecule has 0 radical (unpaired) electrons. The molecule has 92 valence electrons. The molecule has 3 rings (SSSR count). The number of benzene rings is 1. The lowest BCUT2D eigenvalue weighted by Gasteiger charge is -2.22. The molecule has 1 aliphatic carbocycles. The van der Waals surface area contributed by atoms with Crippen molar-refractivity contribution in [2.24, 2.45) is 0 Å². The van der Waals surface area contributed by atoms with E-state index in [1.165, 1.54) is 19.3 Å². The molecule has 3 nitrogen and oxygen atoms in total. The van der Waals surface area contributed by atoms with E-state index in [1.54, 1.807) is 29.7 Å². The normalized spacial score (nSPS) is 15.3. The topological polar surface area (TPSA) is 50.2 Å². The second-order valence-corrected chi connectivity index (χ2v) is 5.60. The maximum atomic E-state index is 11.2. The SMILES string of the molecule is O=C(O)c1ccccc1-c1cnc(C2CCC2)s1. The standard InChI is InChI=1S/C14H13NO2S/c16-14(17)11-7-2-1-6-10(11)12-8-15-13(18-12)9-4-3-5-9/h1-2,6-9H,3-5H2,(H,16,17). The molecule has 0 bridgehead atoms. The van der Waals surface area contributed by atoms with Gasteiger partial charge in [0.2, 0.25) is 0 Å². The van der Waals surface area contributed by atoms with E-state index in [4.69, 9.17) is 0 Å². The lowest BCUT2D eigenvalue weighted by Crippen LogP contribution is -2.07. The third-order valence-corrected chi connectivity index (χ3v) is 4.59. The minimum absolute atomic E-state index is 0.348. The molecule has 0 unspecified atom stereocenters. The van der Waals surface area contributed by atoms with Gasteiger partial charge < -0.3 is 5.11 Å². The van der Waals surface area contributed by atoms with Crippen molar-refractivity contribution in [3.8, 4) is 10.4 Å². The fourth-order valence-electron chi connectivity index (χ4n) is 2.14. The Balaban J connectivity index is 1.99. The highest BCUT2D eigenvalue weighted by Crippen LogP contribution is 2.40. The number of nitrogens with zero attached hydrogens (tertiary/aromatic N) is 1. The van der Waals surface area contributed by atoms with Gasteiger partial charge in [-0.25, -0.2) is 9.78 Å². The van der Waals surface area contributed by atoms with Crippen LogP contribution in [0.15, 0.2) is 30.5 Å². The van der Waals surface area contributed by atoms with Crippen LogP contribution in [0, 0.1) is 0 Å². The number of hydrogen-bond donors (Lipinski definition) is 1. The molecular formula is C14H13NO2S.